The zero-order chi connectivity index (χ0) is 18.9. The van der Waals surface area contributed by atoms with Crippen LogP contribution in [0.25, 0.3) is 0 Å². The highest BCUT2D eigenvalue weighted by atomic mass is 79.9. The van der Waals surface area contributed by atoms with Crippen molar-refractivity contribution in [3.8, 4) is 5.75 Å². The molecule has 3 heterocycles. The average molecular weight is 502 g/mol. The largest absolute Gasteiger partial charge is 0.491 e. The summed E-state index contributed by atoms with van der Waals surface area (Å²) in [4.78, 5) is 5.11. The van der Waals surface area contributed by atoms with Gasteiger partial charge in [0.2, 0.25) is 0 Å². The Kier molecular flexibility index (Phi) is 6.49. The number of halogens is 2. The Morgan fingerprint density at radius 3 is 2.04 bits per heavy atom. The van der Waals surface area contributed by atoms with E-state index in [1.165, 1.54) is 38.5 Å². The molecule has 0 aromatic heterocycles. The van der Waals surface area contributed by atoms with Gasteiger partial charge < -0.3 is 19.6 Å². The molecule has 150 valence electrons. The molecule has 3 aliphatic heterocycles. The van der Waals surface area contributed by atoms with E-state index in [0.29, 0.717) is 6.61 Å². The van der Waals surface area contributed by atoms with Gasteiger partial charge in [-0.05, 0) is 79.9 Å². The van der Waals surface area contributed by atoms with Gasteiger partial charge in [-0.3, -0.25) is 0 Å². The molecule has 3 aliphatic rings. The molecular weight excluding hydrogens is 472 g/mol. The summed E-state index contributed by atoms with van der Waals surface area (Å²) in [6.07, 6.45) is 7.22. The van der Waals surface area contributed by atoms with Crippen molar-refractivity contribution in [3.05, 3.63) is 26.6 Å². The highest BCUT2D eigenvalue weighted by Gasteiger charge is 2.47. The lowest BCUT2D eigenvalue weighted by atomic mass is 9.76. The minimum atomic E-state index is -0.515. The van der Waals surface area contributed by atoms with Gasteiger partial charge in [0, 0.05) is 23.1 Å². The second-order valence-corrected chi connectivity index (χ2v) is 10.3. The average Bonchev–Trinajstić information content (AvgIpc) is 2.67. The highest BCUT2D eigenvalue weighted by Crippen LogP contribution is 2.48. The number of aliphatic hydroxyl groups is 1. The quantitative estimate of drug-likeness (QED) is 0.654. The molecular formula is C21H30Br2N2O2. The van der Waals surface area contributed by atoms with Crippen molar-refractivity contribution >= 4 is 31.9 Å². The molecule has 27 heavy (non-hydrogen) atoms. The summed E-state index contributed by atoms with van der Waals surface area (Å²) in [5.41, 5.74) is 0.638. The second kappa shape index (κ2) is 8.70. The van der Waals surface area contributed by atoms with Crippen molar-refractivity contribution in [3.63, 3.8) is 0 Å². The number of fused-ring (bicyclic) bond motifs is 1. The molecule has 0 unspecified atom stereocenters. The Balaban J connectivity index is 1.64. The maximum atomic E-state index is 11.6. The first kappa shape index (κ1) is 20.1. The third kappa shape index (κ3) is 4.40. The van der Waals surface area contributed by atoms with Gasteiger partial charge in [0.05, 0.1) is 22.6 Å². The molecule has 0 bridgehead atoms. The molecule has 1 aromatic carbocycles. The third-order valence-corrected chi connectivity index (χ3v) is 7.44. The first-order chi connectivity index (χ1) is 13.1. The Morgan fingerprint density at radius 2 is 1.48 bits per heavy atom. The smallest absolute Gasteiger partial charge is 0.139 e. The standard InChI is InChI=1S/C21H30Br2N2O2/c22-16-11-17-19(18(23)12-16)27-15-21(20(17)26,13-24-7-3-1-4-8-24)14-25-9-5-2-6-10-25/h11-12,20,26H,1-10,13-15H2/t20-/m1/s1. The van der Waals surface area contributed by atoms with Gasteiger partial charge in [-0.2, -0.15) is 0 Å². The van der Waals surface area contributed by atoms with Gasteiger partial charge in [-0.15, -0.1) is 0 Å². The zero-order valence-corrected chi connectivity index (χ0v) is 19.1. The van der Waals surface area contributed by atoms with Crippen LogP contribution < -0.4 is 4.74 Å². The van der Waals surface area contributed by atoms with Crippen LogP contribution in [0.5, 0.6) is 5.75 Å². The van der Waals surface area contributed by atoms with Crippen LogP contribution in [-0.4, -0.2) is 60.8 Å². The van der Waals surface area contributed by atoms with E-state index in [4.69, 9.17) is 4.74 Å². The van der Waals surface area contributed by atoms with Crippen LogP contribution in [0.15, 0.2) is 21.1 Å². The van der Waals surface area contributed by atoms with Crippen LogP contribution in [0.3, 0.4) is 0 Å². The molecule has 1 aromatic rings. The summed E-state index contributed by atoms with van der Waals surface area (Å²) in [5.74, 6) is 0.804. The number of nitrogens with zero attached hydrogens (tertiary/aromatic N) is 2. The topological polar surface area (TPSA) is 35.9 Å². The van der Waals surface area contributed by atoms with Crippen molar-refractivity contribution in [2.45, 2.75) is 44.6 Å². The lowest BCUT2D eigenvalue weighted by Crippen LogP contribution is -2.55. The fourth-order valence-corrected chi connectivity index (χ4v) is 6.37. The monoisotopic (exact) mass is 500 g/mol. The Labute approximate surface area is 179 Å². The number of hydrogen-bond acceptors (Lipinski definition) is 4. The third-order valence-electron chi connectivity index (χ3n) is 6.39. The molecule has 6 heteroatoms. The molecule has 2 fully saturated rings. The molecule has 1 atom stereocenters. The van der Waals surface area contributed by atoms with Gasteiger partial charge in [-0.25, -0.2) is 0 Å². The van der Waals surface area contributed by atoms with E-state index in [9.17, 15) is 5.11 Å². The maximum absolute atomic E-state index is 11.6. The summed E-state index contributed by atoms with van der Waals surface area (Å²) in [6.45, 7) is 6.97. The number of hydrogen-bond donors (Lipinski definition) is 1. The Bertz CT molecular complexity index is 638. The van der Waals surface area contributed by atoms with E-state index in [1.54, 1.807) is 0 Å². The zero-order valence-electron chi connectivity index (χ0n) is 15.9. The summed E-state index contributed by atoms with van der Waals surface area (Å²) < 4.78 is 8.18. The normalized spacial score (nSPS) is 26.4. The van der Waals surface area contributed by atoms with Crippen LogP contribution in [-0.2, 0) is 0 Å². The number of piperidine rings is 2. The number of ether oxygens (including phenoxy) is 1. The molecule has 0 saturated carbocycles. The van der Waals surface area contributed by atoms with Crippen LogP contribution in [0.4, 0.5) is 0 Å². The fourth-order valence-electron chi connectivity index (χ4n) is 5.00. The SMILES string of the molecule is O[C@@H]1c2cc(Br)cc(Br)c2OCC1(CN1CCCCC1)CN1CCCCC1. The van der Waals surface area contributed by atoms with Crippen LogP contribution in [0.1, 0.15) is 50.2 Å². The number of likely N-dealkylation sites (tertiary alicyclic amines) is 2. The summed E-state index contributed by atoms with van der Waals surface area (Å²) >= 11 is 7.19. The van der Waals surface area contributed by atoms with E-state index in [2.05, 4.69) is 41.7 Å². The number of aliphatic hydroxyl groups excluding tert-OH is 1. The minimum absolute atomic E-state index is 0.276. The predicted octanol–water partition coefficient (Wildman–Crippen LogP) is 4.60. The predicted molar refractivity (Wildman–Crippen MR) is 115 cm³/mol. The molecule has 0 radical (unpaired) electrons. The number of benzene rings is 1. The lowest BCUT2D eigenvalue weighted by molar-refractivity contribution is -0.0750. The first-order valence-electron chi connectivity index (χ1n) is 10.3. The maximum Gasteiger partial charge on any atom is 0.139 e. The van der Waals surface area contributed by atoms with E-state index >= 15 is 0 Å². The fraction of sp³-hybridized carbons (Fsp3) is 0.714. The van der Waals surface area contributed by atoms with Gasteiger partial charge in [0.25, 0.3) is 0 Å². The van der Waals surface area contributed by atoms with E-state index < -0.39 is 6.10 Å². The lowest BCUT2D eigenvalue weighted by Gasteiger charge is -2.48. The highest BCUT2D eigenvalue weighted by molar-refractivity contribution is 9.11. The van der Waals surface area contributed by atoms with Crippen molar-refractivity contribution in [2.75, 3.05) is 45.9 Å². The summed E-state index contributed by atoms with van der Waals surface area (Å²) in [7, 11) is 0. The van der Waals surface area contributed by atoms with Crippen LogP contribution in [0.2, 0.25) is 0 Å². The van der Waals surface area contributed by atoms with E-state index in [1.807, 2.05) is 12.1 Å². The summed E-state index contributed by atoms with van der Waals surface area (Å²) in [6, 6.07) is 4.03. The molecule has 1 N–H and O–H groups in total. The molecule has 4 nitrogen and oxygen atoms in total. The molecule has 0 aliphatic carbocycles. The van der Waals surface area contributed by atoms with Crippen molar-refractivity contribution < 1.29 is 9.84 Å². The molecule has 2 saturated heterocycles. The van der Waals surface area contributed by atoms with Gasteiger partial charge >= 0.3 is 0 Å². The van der Waals surface area contributed by atoms with Crippen molar-refractivity contribution in [2.24, 2.45) is 5.41 Å². The van der Waals surface area contributed by atoms with E-state index in [0.717, 1.165) is 59.5 Å². The molecule has 0 amide bonds. The van der Waals surface area contributed by atoms with Gasteiger partial charge in [0.1, 0.15) is 5.75 Å². The Hall–Kier alpha value is -0.140. The van der Waals surface area contributed by atoms with Gasteiger partial charge in [-0.1, -0.05) is 28.8 Å². The van der Waals surface area contributed by atoms with Crippen LogP contribution in [0, 0.1) is 5.41 Å². The summed E-state index contributed by atoms with van der Waals surface area (Å²) in [5, 5.41) is 11.6. The first-order valence-corrected chi connectivity index (χ1v) is 11.9. The minimum Gasteiger partial charge on any atom is -0.491 e. The number of rotatable bonds is 4. The second-order valence-electron chi connectivity index (χ2n) is 8.53. The van der Waals surface area contributed by atoms with Gasteiger partial charge in [0.15, 0.2) is 0 Å². The van der Waals surface area contributed by atoms with Crippen molar-refractivity contribution in [1.82, 2.24) is 9.80 Å². The van der Waals surface area contributed by atoms with E-state index in [-0.39, 0.29) is 5.41 Å². The molecule has 4 rings (SSSR count). The van der Waals surface area contributed by atoms with Crippen LogP contribution >= 0.6 is 31.9 Å². The molecule has 0 spiro atoms. The van der Waals surface area contributed by atoms with Crippen molar-refractivity contribution in [1.29, 1.82) is 0 Å². The Morgan fingerprint density at radius 1 is 0.926 bits per heavy atom.